The van der Waals surface area contributed by atoms with E-state index < -0.39 is 0 Å². The Morgan fingerprint density at radius 2 is 2.35 bits per heavy atom. The molecule has 1 saturated heterocycles. The van der Waals surface area contributed by atoms with E-state index in [-0.39, 0.29) is 23.8 Å². The molecule has 2 rings (SSSR count). The summed E-state index contributed by atoms with van der Waals surface area (Å²) in [4.78, 5) is 14.2. The molecule has 2 N–H and O–H groups in total. The van der Waals surface area contributed by atoms with Crippen molar-refractivity contribution >= 4 is 5.91 Å². The standard InChI is InChI=1S/C16H23FN2O/c1-12(18)7-8-16(20)19-9-3-6-15(19)11-13-4-2-5-14(17)10-13/h2,4-5,10,12,15H,3,6-9,11,18H2,1H3. The maximum atomic E-state index is 13.2. The summed E-state index contributed by atoms with van der Waals surface area (Å²) in [5.41, 5.74) is 6.66. The molecule has 1 amide bonds. The number of hydrogen-bond donors (Lipinski definition) is 1. The van der Waals surface area contributed by atoms with Crippen molar-refractivity contribution < 1.29 is 9.18 Å². The lowest BCUT2D eigenvalue weighted by atomic mass is 10.0. The predicted octanol–water partition coefficient (Wildman–Crippen LogP) is 2.49. The first-order chi connectivity index (χ1) is 9.56. The van der Waals surface area contributed by atoms with Crippen molar-refractivity contribution in [3.63, 3.8) is 0 Å². The molecule has 2 unspecified atom stereocenters. The minimum Gasteiger partial charge on any atom is -0.339 e. The van der Waals surface area contributed by atoms with Crippen molar-refractivity contribution in [3.8, 4) is 0 Å². The average molecular weight is 278 g/mol. The summed E-state index contributed by atoms with van der Waals surface area (Å²) in [5.74, 6) is -0.0310. The SMILES string of the molecule is CC(N)CCC(=O)N1CCCC1Cc1cccc(F)c1. The number of halogens is 1. The molecule has 1 fully saturated rings. The highest BCUT2D eigenvalue weighted by Crippen LogP contribution is 2.22. The van der Waals surface area contributed by atoms with E-state index >= 15 is 0 Å². The lowest BCUT2D eigenvalue weighted by Gasteiger charge is -2.25. The second-order valence-electron chi connectivity index (χ2n) is 5.73. The van der Waals surface area contributed by atoms with Gasteiger partial charge in [-0.2, -0.15) is 0 Å². The monoisotopic (exact) mass is 278 g/mol. The molecule has 0 spiro atoms. The highest BCUT2D eigenvalue weighted by atomic mass is 19.1. The summed E-state index contributed by atoms with van der Waals surface area (Å²) in [5, 5.41) is 0. The number of benzene rings is 1. The minimum absolute atomic E-state index is 0.0585. The predicted molar refractivity (Wildman–Crippen MR) is 77.7 cm³/mol. The van der Waals surface area contributed by atoms with Crippen LogP contribution in [0.25, 0.3) is 0 Å². The molecular weight excluding hydrogens is 255 g/mol. The van der Waals surface area contributed by atoms with E-state index in [0.717, 1.165) is 37.8 Å². The number of rotatable bonds is 5. The van der Waals surface area contributed by atoms with Gasteiger partial charge in [-0.25, -0.2) is 4.39 Å². The Hall–Kier alpha value is -1.42. The van der Waals surface area contributed by atoms with Gasteiger partial charge < -0.3 is 10.6 Å². The van der Waals surface area contributed by atoms with Crippen LogP contribution in [0.4, 0.5) is 4.39 Å². The van der Waals surface area contributed by atoms with Crippen molar-refractivity contribution in [2.45, 2.75) is 51.1 Å². The highest BCUT2D eigenvalue weighted by Gasteiger charge is 2.28. The summed E-state index contributed by atoms with van der Waals surface area (Å²) < 4.78 is 13.2. The number of nitrogens with zero attached hydrogens (tertiary/aromatic N) is 1. The number of carbonyl (C=O) groups excluding carboxylic acids is 1. The third kappa shape index (κ3) is 4.04. The molecule has 20 heavy (non-hydrogen) atoms. The maximum absolute atomic E-state index is 13.2. The molecule has 1 aromatic rings. The fraction of sp³-hybridized carbons (Fsp3) is 0.562. The zero-order valence-corrected chi connectivity index (χ0v) is 12.0. The zero-order valence-electron chi connectivity index (χ0n) is 12.0. The molecule has 1 aromatic carbocycles. The van der Waals surface area contributed by atoms with Gasteiger partial charge in [0.25, 0.3) is 0 Å². The zero-order chi connectivity index (χ0) is 14.5. The number of carbonyl (C=O) groups is 1. The minimum atomic E-state index is -0.213. The quantitative estimate of drug-likeness (QED) is 0.899. The molecule has 0 aromatic heterocycles. The van der Waals surface area contributed by atoms with Crippen LogP contribution in [0, 0.1) is 5.82 Å². The van der Waals surface area contributed by atoms with Crippen molar-refractivity contribution in [2.24, 2.45) is 5.73 Å². The van der Waals surface area contributed by atoms with Crippen LogP contribution in [0.5, 0.6) is 0 Å². The second kappa shape index (κ2) is 6.84. The van der Waals surface area contributed by atoms with Gasteiger partial charge in [0.1, 0.15) is 5.82 Å². The molecular formula is C16H23FN2O. The van der Waals surface area contributed by atoms with Gasteiger partial charge in [0.15, 0.2) is 0 Å². The third-order valence-corrected chi connectivity index (χ3v) is 3.87. The summed E-state index contributed by atoms with van der Waals surface area (Å²) in [6.07, 6.45) is 4.01. The Labute approximate surface area is 120 Å². The first-order valence-corrected chi connectivity index (χ1v) is 7.36. The second-order valence-corrected chi connectivity index (χ2v) is 5.73. The fourth-order valence-electron chi connectivity index (χ4n) is 2.81. The topological polar surface area (TPSA) is 46.3 Å². The van der Waals surface area contributed by atoms with Crippen LogP contribution in [0.3, 0.4) is 0 Å². The smallest absolute Gasteiger partial charge is 0.222 e. The van der Waals surface area contributed by atoms with Crippen LogP contribution in [0.1, 0.15) is 38.2 Å². The van der Waals surface area contributed by atoms with Crippen LogP contribution >= 0.6 is 0 Å². The molecule has 0 radical (unpaired) electrons. The van der Waals surface area contributed by atoms with Crippen LogP contribution in [-0.2, 0) is 11.2 Å². The van der Waals surface area contributed by atoms with Crippen molar-refractivity contribution in [1.82, 2.24) is 4.90 Å². The van der Waals surface area contributed by atoms with Gasteiger partial charge >= 0.3 is 0 Å². The van der Waals surface area contributed by atoms with E-state index in [1.54, 1.807) is 12.1 Å². The van der Waals surface area contributed by atoms with Gasteiger partial charge in [-0.3, -0.25) is 4.79 Å². The molecule has 2 atom stereocenters. The van der Waals surface area contributed by atoms with E-state index in [9.17, 15) is 9.18 Å². The molecule has 1 aliphatic rings. The lowest BCUT2D eigenvalue weighted by molar-refractivity contribution is -0.132. The Morgan fingerprint density at radius 1 is 1.55 bits per heavy atom. The highest BCUT2D eigenvalue weighted by molar-refractivity contribution is 5.76. The maximum Gasteiger partial charge on any atom is 0.222 e. The Bertz CT molecular complexity index is 462. The van der Waals surface area contributed by atoms with E-state index in [2.05, 4.69) is 0 Å². The van der Waals surface area contributed by atoms with Gasteiger partial charge in [-0.15, -0.1) is 0 Å². The van der Waals surface area contributed by atoms with Crippen LogP contribution < -0.4 is 5.73 Å². The van der Waals surface area contributed by atoms with Gasteiger partial charge in [0, 0.05) is 25.0 Å². The summed E-state index contributed by atoms with van der Waals surface area (Å²) in [6.45, 7) is 2.74. The van der Waals surface area contributed by atoms with Crippen LogP contribution in [0.2, 0.25) is 0 Å². The van der Waals surface area contributed by atoms with Gasteiger partial charge in [0.2, 0.25) is 5.91 Å². The van der Waals surface area contributed by atoms with Crippen molar-refractivity contribution in [1.29, 1.82) is 0 Å². The van der Waals surface area contributed by atoms with Gasteiger partial charge in [-0.1, -0.05) is 12.1 Å². The number of amides is 1. The number of hydrogen-bond acceptors (Lipinski definition) is 2. The Kier molecular flexibility index (Phi) is 5.12. The molecule has 0 aliphatic carbocycles. The van der Waals surface area contributed by atoms with E-state index in [1.165, 1.54) is 6.07 Å². The summed E-state index contributed by atoms with van der Waals surface area (Å²) in [7, 11) is 0. The molecule has 1 heterocycles. The van der Waals surface area contributed by atoms with Crippen LogP contribution in [0.15, 0.2) is 24.3 Å². The normalized spacial score (nSPS) is 20.1. The molecule has 4 heteroatoms. The lowest BCUT2D eigenvalue weighted by Crippen LogP contribution is -2.37. The van der Waals surface area contributed by atoms with Crippen LogP contribution in [-0.4, -0.2) is 29.4 Å². The first-order valence-electron chi connectivity index (χ1n) is 7.36. The average Bonchev–Trinajstić information content (AvgIpc) is 2.84. The van der Waals surface area contributed by atoms with Gasteiger partial charge in [-0.05, 0) is 50.3 Å². The molecule has 1 aliphatic heterocycles. The Balaban J connectivity index is 1.95. The summed E-state index contributed by atoms with van der Waals surface area (Å²) in [6, 6.07) is 6.92. The molecule has 0 saturated carbocycles. The molecule has 110 valence electrons. The molecule has 0 bridgehead atoms. The van der Waals surface area contributed by atoms with Gasteiger partial charge in [0.05, 0.1) is 0 Å². The summed E-state index contributed by atoms with van der Waals surface area (Å²) >= 11 is 0. The third-order valence-electron chi connectivity index (χ3n) is 3.87. The fourth-order valence-corrected chi connectivity index (χ4v) is 2.81. The first kappa shape index (κ1) is 15.0. The molecule has 3 nitrogen and oxygen atoms in total. The van der Waals surface area contributed by atoms with Crippen molar-refractivity contribution in [2.75, 3.05) is 6.54 Å². The van der Waals surface area contributed by atoms with Crippen molar-refractivity contribution in [3.05, 3.63) is 35.6 Å². The largest absolute Gasteiger partial charge is 0.339 e. The number of nitrogens with two attached hydrogens (primary N) is 1. The number of likely N-dealkylation sites (tertiary alicyclic amines) is 1. The van der Waals surface area contributed by atoms with E-state index in [1.807, 2.05) is 17.9 Å². The Morgan fingerprint density at radius 3 is 3.05 bits per heavy atom. The van der Waals surface area contributed by atoms with E-state index in [4.69, 9.17) is 5.73 Å². The van der Waals surface area contributed by atoms with E-state index in [0.29, 0.717) is 6.42 Å².